The maximum atomic E-state index is 13.1. The van der Waals surface area contributed by atoms with Crippen molar-refractivity contribution >= 4 is 11.6 Å². The van der Waals surface area contributed by atoms with Crippen LogP contribution >= 0.6 is 0 Å². The first-order valence-electron chi connectivity index (χ1n) is 6.03. The monoisotopic (exact) mass is 267 g/mol. The molecule has 0 spiro atoms. The molecule has 6 nitrogen and oxygen atoms in total. The summed E-state index contributed by atoms with van der Waals surface area (Å²) in [6.07, 6.45) is 1.52. The standard InChI is InChI=1S/C12H14FN3O3/c13-8-1-2-11(16(18)19)10(7-8)12(17)15-9-3-5-14-6-4-9/h1-2,7,9,14H,3-6H2,(H,15,17). The van der Waals surface area contributed by atoms with Crippen LogP contribution in [-0.2, 0) is 0 Å². The minimum atomic E-state index is -0.684. The lowest BCUT2D eigenvalue weighted by molar-refractivity contribution is -0.385. The van der Waals surface area contributed by atoms with E-state index in [9.17, 15) is 19.3 Å². The van der Waals surface area contributed by atoms with Gasteiger partial charge in [-0.2, -0.15) is 0 Å². The molecule has 0 aromatic heterocycles. The van der Waals surface area contributed by atoms with Crippen molar-refractivity contribution in [3.8, 4) is 0 Å². The van der Waals surface area contributed by atoms with Gasteiger partial charge in [0.25, 0.3) is 11.6 Å². The molecule has 1 heterocycles. The second kappa shape index (κ2) is 5.75. The minimum absolute atomic E-state index is 0.0309. The Kier molecular flexibility index (Phi) is 4.06. The largest absolute Gasteiger partial charge is 0.349 e. The van der Waals surface area contributed by atoms with E-state index in [0.717, 1.165) is 44.1 Å². The van der Waals surface area contributed by atoms with E-state index in [1.807, 2.05) is 0 Å². The Morgan fingerprint density at radius 1 is 1.42 bits per heavy atom. The maximum absolute atomic E-state index is 13.1. The van der Waals surface area contributed by atoms with E-state index in [1.165, 1.54) is 0 Å². The lowest BCUT2D eigenvalue weighted by atomic mass is 10.1. The predicted octanol–water partition coefficient (Wildman–Crippen LogP) is 1.22. The first kappa shape index (κ1) is 13.4. The van der Waals surface area contributed by atoms with Crippen LogP contribution in [0.2, 0.25) is 0 Å². The Hall–Kier alpha value is -2.02. The summed E-state index contributed by atoms with van der Waals surface area (Å²) in [5, 5.41) is 16.7. The second-order valence-corrected chi connectivity index (χ2v) is 4.42. The number of carbonyl (C=O) groups is 1. The van der Waals surface area contributed by atoms with E-state index >= 15 is 0 Å². The number of nitrogens with one attached hydrogen (secondary N) is 2. The normalized spacial score (nSPS) is 16.1. The third-order valence-electron chi connectivity index (χ3n) is 3.07. The smallest absolute Gasteiger partial charge is 0.282 e. The Morgan fingerprint density at radius 2 is 2.11 bits per heavy atom. The molecule has 0 bridgehead atoms. The van der Waals surface area contributed by atoms with Crippen molar-refractivity contribution in [2.75, 3.05) is 13.1 Å². The van der Waals surface area contributed by atoms with Gasteiger partial charge in [-0.05, 0) is 38.1 Å². The van der Waals surface area contributed by atoms with Crippen molar-refractivity contribution in [1.29, 1.82) is 0 Å². The van der Waals surface area contributed by atoms with Gasteiger partial charge in [0, 0.05) is 12.1 Å². The molecule has 2 N–H and O–H groups in total. The van der Waals surface area contributed by atoms with Gasteiger partial charge in [0.15, 0.2) is 0 Å². The molecule has 1 saturated heterocycles. The molecular weight excluding hydrogens is 253 g/mol. The quantitative estimate of drug-likeness (QED) is 0.637. The summed E-state index contributed by atoms with van der Waals surface area (Å²) in [6, 6.07) is 2.84. The van der Waals surface area contributed by atoms with Crippen molar-refractivity contribution in [3.05, 3.63) is 39.7 Å². The van der Waals surface area contributed by atoms with Gasteiger partial charge in [-0.3, -0.25) is 14.9 Å². The molecule has 1 amide bonds. The summed E-state index contributed by atoms with van der Waals surface area (Å²) < 4.78 is 13.1. The molecule has 0 saturated carbocycles. The zero-order valence-corrected chi connectivity index (χ0v) is 10.2. The first-order chi connectivity index (χ1) is 9.08. The summed E-state index contributed by atoms with van der Waals surface area (Å²) in [5.41, 5.74) is -0.614. The molecular formula is C12H14FN3O3. The molecule has 0 atom stereocenters. The van der Waals surface area contributed by atoms with Crippen molar-refractivity contribution in [2.45, 2.75) is 18.9 Å². The molecule has 1 aliphatic heterocycles. The molecule has 0 radical (unpaired) electrons. The van der Waals surface area contributed by atoms with Gasteiger partial charge in [-0.1, -0.05) is 0 Å². The Balaban J connectivity index is 2.17. The highest BCUT2D eigenvalue weighted by Crippen LogP contribution is 2.20. The first-order valence-corrected chi connectivity index (χ1v) is 6.03. The van der Waals surface area contributed by atoms with Crippen molar-refractivity contribution < 1.29 is 14.1 Å². The summed E-state index contributed by atoms with van der Waals surface area (Å²) in [4.78, 5) is 22.1. The number of hydrogen-bond donors (Lipinski definition) is 2. The zero-order valence-electron chi connectivity index (χ0n) is 10.2. The van der Waals surface area contributed by atoms with Crippen molar-refractivity contribution in [3.63, 3.8) is 0 Å². The molecule has 1 aliphatic rings. The van der Waals surface area contributed by atoms with Gasteiger partial charge in [0.1, 0.15) is 11.4 Å². The summed E-state index contributed by atoms with van der Waals surface area (Å²) in [7, 11) is 0. The van der Waals surface area contributed by atoms with E-state index in [1.54, 1.807) is 0 Å². The Bertz CT molecular complexity index is 501. The number of benzene rings is 1. The predicted molar refractivity (Wildman–Crippen MR) is 66.4 cm³/mol. The number of piperidine rings is 1. The Labute approximate surface area is 109 Å². The Morgan fingerprint density at radius 3 is 2.74 bits per heavy atom. The van der Waals surface area contributed by atoms with Crippen LogP contribution in [0, 0.1) is 15.9 Å². The number of halogens is 1. The lowest BCUT2D eigenvalue weighted by Crippen LogP contribution is -2.42. The highest BCUT2D eigenvalue weighted by molar-refractivity contribution is 5.98. The molecule has 2 rings (SSSR count). The fourth-order valence-corrected chi connectivity index (χ4v) is 2.08. The van der Waals surface area contributed by atoms with Crippen LogP contribution in [0.3, 0.4) is 0 Å². The van der Waals surface area contributed by atoms with E-state index in [2.05, 4.69) is 10.6 Å². The van der Waals surface area contributed by atoms with Crippen LogP contribution in [-0.4, -0.2) is 30.0 Å². The molecule has 1 aromatic rings. The van der Waals surface area contributed by atoms with Gasteiger partial charge in [0.2, 0.25) is 0 Å². The van der Waals surface area contributed by atoms with Crippen LogP contribution in [0.25, 0.3) is 0 Å². The molecule has 19 heavy (non-hydrogen) atoms. The average Bonchev–Trinajstić information content (AvgIpc) is 2.39. The SMILES string of the molecule is O=C(NC1CCNCC1)c1cc(F)ccc1[N+](=O)[O-]. The summed E-state index contributed by atoms with van der Waals surface area (Å²) >= 11 is 0. The van der Waals surface area contributed by atoms with E-state index in [4.69, 9.17) is 0 Å². The van der Waals surface area contributed by atoms with E-state index in [0.29, 0.717) is 0 Å². The number of carbonyl (C=O) groups excluding carboxylic acids is 1. The maximum Gasteiger partial charge on any atom is 0.282 e. The van der Waals surface area contributed by atoms with Crippen LogP contribution in [0.5, 0.6) is 0 Å². The molecule has 1 fully saturated rings. The second-order valence-electron chi connectivity index (χ2n) is 4.42. The lowest BCUT2D eigenvalue weighted by Gasteiger charge is -2.23. The fraction of sp³-hybridized carbons (Fsp3) is 0.417. The van der Waals surface area contributed by atoms with Gasteiger partial charge < -0.3 is 10.6 Å². The highest BCUT2D eigenvalue weighted by Gasteiger charge is 2.23. The molecule has 1 aromatic carbocycles. The van der Waals surface area contributed by atoms with Gasteiger partial charge in [0.05, 0.1) is 4.92 Å². The minimum Gasteiger partial charge on any atom is -0.349 e. The number of amides is 1. The fourth-order valence-electron chi connectivity index (χ4n) is 2.08. The third kappa shape index (κ3) is 3.25. The van der Waals surface area contributed by atoms with Gasteiger partial charge in [-0.15, -0.1) is 0 Å². The number of nitro benzene ring substituents is 1. The molecule has 0 aliphatic carbocycles. The van der Waals surface area contributed by atoms with Crippen LogP contribution in [0.4, 0.5) is 10.1 Å². The zero-order chi connectivity index (χ0) is 13.8. The summed E-state index contributed by atoms with van der Waals surface area (Å²) in [5.74, 6) is -1.26. The number of nitrogens with zero attached hydrogens (tertiary/aromatic N) is 1. The topological polar surface area (TPSA) is 84.3 Å². The summed E-state index contributed by atoms with van der Waals surface area (Å²) in [6.45, 7) is 1.58. The molecule has 0 unspecified atom stereocenters. The number of hydrogen-bond acceptors (Lipinski definition) is 4. The van der Waals surface area contributed by atoms with E-state index in [-0.39, 0.29) is 17.3 Å². The third-order valence-corrected chi connectivity index (χ3v) is 3.07. The molecule has 7 heteroatoms. The average molecular weight is 267 g/mol. The van der Waals surface area contributed by atoms with Crippen molar-refractivity contribution in [2.24, 2.45) is 0 Å². The van der Waals surface area contributed by atoms with Crippen molar-refractivity contribution in [1.82, 2.24) is 10.6 Å². The molecule has 102 valence electrons. The highest BCUT2D eigenvalue weighted by atomic mass is 19.1. The van der Waals surface area contributed by atoms with Gasteiger partial charge >= 0.3 is 0 Å². The van der Waals surface area contributed by atoms with Crippen LogP contribution < -0.4 is 10.6 Å². The number of nitro groups is 1. The number of rotatable bonds is 3. The van der Waals surface area contributed by atoms with Crippen LogP contribution in [0.1, 0.15) is 23.2 Å². The van der Waals surface area contributed by atoms with E-state index < -0.39 is 16.6 Å². The van der Waals surface area contributed by atoms with Crippen LogP contribution in [0.15, 0.2) is 18.2 Å². The van der Waals surface area contributed by atoms with Gasteiger partial charge in [-0.25, -0.2) is 4.39 Å².